The zero-order chi connectivity index (χ0) is 12.3. The first kappa shape index (κ1) is 11.5. The van der Waals surface area contributed by atoms with E-state index in [2.05, 4.69) is 20.4 Å². The monoisotopic (exact) mass is 233 g/mol. The average Bonchev–Trinajstić information content (AvgIpc) is 2.75. The predicted molar refractivity (Wildman–Crippen MR) is 63.1 cm³/mol. The molecule has 0 fully saturated rings. The first-order chi connectivity index (χ1) is 8.18. The maximum absolute atomic E-state index is 9.76. The van der Waals surface area contributed by atoms with Crippen LogP contribution in [0, 0.1) is 0 Å². The summed E-state index contributed by atoms with van der Waals surface area (Å²) in [5.74, 6) is 0.908. The number of nitrogens with zero attached hydrogens (tertiary/aromatic N) is 5. The highest BCUT2D eigenvalue weighted by Crippen LogP contribution is 2.20. The Balaban J connectivity index is 2.28. The minimum absolute atomic E-state index is 0.172. The summed E-state index contributed by atoms with van der Waals surface area (Å²) < 4.78 is 1.57. The van der Waals surface area contributed by atoms with Gasteiger partial charge in [-0.05, 0) is 36.7 Å². The summed E-state index contributed by atoms with van der Waals surface area (Å²) in [6.07, 6.45) is 0.730. The van der Waals surface area contributed by atoms with Crippen molar-refractivity contribution in [3.05, 3.63) is 30.1 Å². The lowest BCUT2D eigenvalue weighted by molar-refractivity contribution is 0.407. The molecule has 0 spiro atoms. The van der Waals surface area contributed by atoms with Crippen LogP contribution in [0.5, 0.6) is 5.75 Å². The minimum atomic E-state index is 0.172. The Morgan fingerprint density at radius 1 is 1.29 bits per heavy atom. The van der Waals surface area contributed by atoms with Crippen LogP contribution in [0.15, 0.2) is 24.3 Å². The number of likely N-dealkylation sites (N-methyl/N-ethyl adjacent to an activating group) is 1. The number of tetrazole rings is 1. The summed E-state index contributed by atoms with van der Waals surface area (Å²) in [6.45, 7) is 0.855. The molecular weight excluding hydrogens is 218 g/mol. The molecule has 90 valence electrons. The van der Waals surface area contributed by atoms with Crippen molar-refractivity contribution in [1.29, 1.82) is 0 Å². The summed E-state index contributed by atoms with van der Waals surface area (Å²) in [5.41, 5.74) is 0.603. The predicted octanol–water partition coefficient (Wildman–Crippen LogP) is 0.472. The molecule has 0 saturated carbocycles. The number of phenols is 1. The van der Waals surface area contributed by atoms with Crippen molar-refractivity contribution in [3.63, 3.8) is 0 Å². The van der Waals surface area contributed by atoms with Crippen LogP contribution in [-0.4, -0.2) is 50.9 Å². The van der Waals surface area contributed by atoms with Crippen LogP contribution in [-0.2, 0) is 6.42 Å². The first-order valence-corrected chi connectivity index (χ1v) is 5.39. The molecule has 0 unspecified atom stereocenters. The lowest BCUT2D eigenvalue weighted by Crippen LogP contribution is -2.17. The number of benzene rings is 1. The smallest absolute Gasteiger partial charge is 0.158 e. The summed E-state index contributed by atoms with van der Waals surface area (Å²) in [6, 6.07) is 7.01. The van der Waals surface area contributed by atoms with E-state index in [9.17, 15) is 5.11 Å². The summed E-state index contributed by atoms with van der Waals surface area (Å²) in [5, 5.41) is 21.3. The Bertz CT molecular complexity index is 494. The van der Waals surface area contributed by atoms with Gasteiger partial charge in [0.1, 0.15) is 11.4 Å². The van der Waals surface area contributed by atoms with Gasteiger partial charge >= 0.3 is 0 Å². The molecule has 0 atom stereocenters. The van der Waals surface area contributed by atoms with Gasteiger partial charge in [0, 0.05) is 13.0 Å². The molecule has 1 N–H and O–H groups in total. The second kappa shape index (κ2) is 4.92. The number of hydrogen-bond acceptors (Lipinski definition) is 5. The van der Waals surface area contributed by atoms with Crippen molar-refractivity contribution >= 4 is 0 Å². The van der Waals surface area contributed by atoms with Crippen LogP contribution >= 0.6 is 0 Å². The number of para-hydroxylation sites is 2. The van der Waals surface area contributed by atoms with E-state index in [-0.39, 0.29) is 5.75 Å². The van der Waals surface area contributed by atoms with E-state index < -0.39 is 0 Å². The van der Waals surface area contributed by atoms with Crippen LogP contribution in [0.3, 0.4) is 0 Å². The van der Waals surface area contributed by atoms with E-state index in [1.807, 2.05) is 20.2 Å². The molecule has 2 rings (SSSR count). The third-order valence-electron chi connectivity index (χ3n) is 2.43. The van der Waals surface area contributed by atoms with Gasteiger partial charge < -0.3 is 10.0 Å². The van der Waals surface area contributed by atoms with Crippen LogP contribution in [0.1, 0.15) is 5.82 Å². The highest BCUT2D eigenvalue weighted by Gasteiger charge is 2.11. The maximum Gasteiger partial charge on any atom is 0.158 e. The fourth-order valence-corrected chi connectivity index (χ4v) is 1.52. The van der Waals surface area contributed by atoms with Gasteiger partial charge in [-0.15, -0.1) is 5.10 Å². The lowest BCUT2D eigenvalue weighted by atomic mass is 10.3. The standard InChI is InChI=1S/C11H15N5O/c1-15(2)8-7-11-12-13-14-16(11)9-5-3-4-6-10(9)17/h3-6,17H,7-8H2,1-2H3. The van der Waals surface area contributed by atoms with Crippen molar-refractivity contribution < 1.29 is 5.11 Å². The van der Waals surface area contributed by atoms with Gasteiger partial charge in [0.2, 0.25) is 0 Å². The van der Waals surface area contributed by atoms with E-state index >= 15 is 0 Å². The van der Waals surface area contributed by atoms with Gasteiger partial charge in [-0.25, -0.2) is 0 Å². The van der Waals surface area contributed by atoms with Crippen molar-refractivity contribution in [2.75, 3.05) is 20.6 Å². The van der Waals surface area contributed by atoms with E-state index in [0.717, 1.165) is 18.8 Å². The van der Waals surface area contributed by atoms with Crippen LogP contribution in [0.4, 0.5) is 0 Å². The molecule has 6 heteroatoms. The fraction of sp³-hybridized carbons (Fsp3) is 0.364. The molecule has 0 saturated heterocycles. The highest BCUT2D eigenvalue weighted by molar-refractivity contribution is 5.44. The van der Waals surface area contributed by atoms with Crippen LogP contribution in [0.2, 0.25) is 0 Å². The Labute approximate surface area is 99.5 Å². The molecule has 6 nitrogen and oxygen atoms in total. The quantitative estimate of drug-likeness (QED) is 0.831. The molecule has 2 aromatic rings. The highest BCUT2D eigenvalue weighted by atomic mass is 16.3. The van der Waals surface area contributed by atoms with Crippen molar-refractivity contribution in [2.24, 2.45) is 0 Å². The zero-order valence-electron chi connectivity index (χ0n) is 9.91. The zero-order valence-corrected chi connectivity index (χ0v) is 9.91. The Kier molecular flexibility index (Phi) is 3.34. The third kappa shape index (κ3) is 2.59. The molecule has 1 aromatic carbocycles. The summed E-state index contributed by atoms with van der Waals surface area (Å²) >= 11 is 0. The largest absolute Gasteiger partial charge is 0.506 e. The van der Waals surface area contributed by atoms with E-state index in [0.29, 0.717) is 5.69 Å². The SMILES string of the molecule is CN(C)CCc1nnnn1-c1ccccc1O. The Morgan fingerprint density at radius 3 is 2.76 bits per heavy atom. The Hall–Kier alpha value is -1.95. The fourth-order valence-electron chi connectivity index (χ4n) is 1.52. The van der Waals surface area contributed by atoms with Gasteiger partial charge in [0.25, 0.3) is 0 Å². The van der Waals surface area contributed by atoms with Gasteiger partial charge in [0.05, 0.1) is 0 Å². The molecule has 1 heterocycles. The molecule has 17 heavy (non-hydrogen) atoms. The second-order valence-electron chi connectivity index (χ2n) is 4.05. The normalized spacial score (nSPS) is 11.0. The number of hydrogen-bond donors (Lipinski definition) is 1. The molecular formula is C11H15N5O. The maximum atomic E-state index is 9.76. The molecule has 0 amide bonds. The van der Waals surface area contributed by atoms with Gasteiger partial charge in [-0.1, -0.05) is 12.1 Å². The second-order valence-corrected chi connectivity index (χ2v) is 4.05. The molecule has 0 bridgehead atoms. The number of rotatable bonds is 4. The Morgan fingerprint density at radius 2 is 2.06 bits per heavy atom. The topological polar surface area (TPSA) is 67.1 Å². The summed E-state index contributed by atoms with van der Waals surface area (Å²) in [4.78, 5) is 2.06. The molecule has 0 aliphatic heterocycles. The third-order valence-corrected chi connectivity index (χ3v) is 2.43. The molecule has 1 aromatic heterocycles. The molecule has 0 aliphatic rings. The van der Waals surface area contributed by atoms with Crippen LogP contribution in [0.25, 0.3) is 5.69 Å². The van der Waals surface area contributed by atoms with E-state index in [1.54, 1.807) is 22.9 Å². The number of aromatic hydroxyl groups is 1. The van der Waals surface area contributed by atoms with Gasteiger partial charge in [-0.2, -0.15) is 4.68 Å². The van der Waals surface area contributed by atoms with Crippen molar-refractivity contribution in [1.82, 2.24) is 25.1 Å². The minimum Gasteiger partial charge on any atom is -0.506 e. The van der Waals surface area contributed by atoms with Gasteiger partial charge in [-0.3, -0.25) is 0 Å². The van der Waals surface area contributed by atoms with Gasteiger partial charge in [0.15, 0.2) is 5.82 Å². The first-order valence-electron chi connectivity index (χ1n) is 5.39. The van der Waals surface area contributed by atoms with E-state index in [4.69, 9.17) is 0 Å². The van der Waals surface area contributed by atoms with E-state index in [1.165, 1.54) is 0 Å². The van der Waals surface area contributed by atoms with Crippen molar-refractivity contribution in [2.45, 2.75) is 6.42 Å². The summed E-state index contributed by atoms with van der Waals surface area (Å²) in [7, 11) is 3.99. The lowest BCUT2D eigenvalue weighted by Gasteiger charge is -2.09. The van der Waals surface area contributed by atoms with Crippen molar-refractivity contribution in [3.8, 4) is 11.4 Å². The number of phenolic OH excluding ortho intramolecular Hbond substituents is 1. The average molecular weight is 233 g/mol. The molecule has 0 radical (unpaired) electrons. The van der Waals surface area contributed by atoms with Crippen LogP contribution < -0.4 is 0 Å². The molecule has 0 aliphatic carbocycles. The number of aromatic nitrogens is 4.